The SMILES string of the molecule is Cc1ccccc1.O=C(CC(O)C(=O)S(=O)(=O)O)S(=O)(=O)O. The number of carbonyl (C=O) groups is 2. The number of hydrogen-bond donors (Lipinski definition) is 3. The van der Waals surface area contributed by atoms with Gasteiger partial charge in [-0.15, -0.1) is 0 Å². The van der Waals surface area contributed by atoms with Crippen LogP contribution in [-0.2, 0) is 29.8 Å². The van der Waals surface area contributed by atoms with Crippen molar-refractivity contribution in [2.24, 2.45) is 0 Å². The lowest BCUT2D eigenvalue weighted by Gasteiger charge is -2.04. The van der Waals surface area contributed by atoms with E-state index in [9.17, 15) is 26.4 Å². The molecule has 1 atom stereocenters. The molecule has 1 unspecified atom stereocenters. The first-order valence-electron chi connectivity index (χ1n) is 5.57. The predicted molar refractivity (Wildman–Crippen MR) is 74.9 cm³/mol. The topological polar surface area (TPSA) is 163 Å². The van der Waals surface area contributed by atoms with E-state index in [0.717, 1.165) is 0 Å². The van der Waals surface area contributed by atoms with E-state index in [2.05, 4.69) is 19.1 Å². The second kappa shape index (κ2) is 8.10. The van der Waals surface area contributed by atoms with E-state index in [1.165, 1.54) is 5.56 Å². The zero-order valence-corrected chi connectivity index (χ0v) is 12.9. The minimum atomic E-state index is -5.21. The zero-order chi connectivity index (χ0) is 17.6. The van der Waals surface area contributed by atoms with Crippen LogP contribution in [-0.4, -0.2) is 47.4 Å². The van der Waals surface area contributed by atoms with E-state index in [1.54, 1.807) is 0 Å². The van der Waals surface area contributed by atoms with Crippen molar-refractivity contribution in [3.63, 3.8) is 0 Å². The molecule has 1 aromatic rings. The van der Waals surface area contributed by atoms with Crippen molar-refractivity contribution in [1.29, 1.82) is 0 Å². The summed E-state index contributed by atoms with van der Waals surface area (Å²) in [5.74, 6) is 0. The average Bonchev–Trinajstić information content (AvgIpc) is 2.37. The molecule has 0 radical (unpaired) electrons. The second-order valence-electron chi connectivity index (χ2n) is 4.02. The molecule has 0 aliphatic heterocycles. The number of hydrogen-bond acceptors (Lipinski definition) is 7. The van der Waals surface area contributed by atoms with Crippen LogP contribution in [0.1, 0.15) is 12.0 Å². The maximum Gasteiger partial charge on any atom is 0.331 e. The number of aliphatic hydroxyl groups is 1. The predicted octanol–water partition coefficient (Wildman–Crippen LogP) is -0.439. The summed E-state index contributed by atoms with van der Waals surface area (Å²) in [4.78, 5) is 21.0. The van der Waals surface area contributed by atoms with Gasteiger partial charge in [0.25, 0.3) is 5.12 Å². The average molecular weight is 354 g/mol. The van der Waals surface area contributed by atoms with Gasteiger partial charge in [0.05, 0.1) is 6.42 Å². The quantitative estimate of drug-likeness (QED) is 0.610. The number of rotatable bonds is 3. The smallest absolute Gasteiger partial charge is 0.331 e. The van der Waals surface area contributed by atoms with Crippen LogP contribution < -0.4 is 0 Å². The van der Waals surface area contributed by atoms with Gasteiger partial charge in [-0.1, -0.05) is 35.9 Å². The van der Waals surface area contributed by atoms with Crippen molar-refractivity contribution in [2.75, 3.05) is 0 Å². The molecule has 0 heterocycles. The standard InChI is InChI=1S/C7H8.C4H6O9S2/c1-7-5-3-2-4-6-7;5-2(4(7)15(11,12)13)1-3(6)14(8,9)10/h2-6H,1H3;2,5H,1H2,(H,8,9,10)(H,11,12,13). The molecule has 1 aromatic carbocycles. The fourth-order valence-corrected chi connectivity index (χ4v) is 1.85. The molecule has 1 rings (SSSR count). The fraction of sp³-hybridized carbons (Fsp3) is 0.273. The van der Waals surface area contributed by atoms with Gasteiger partial charge in [-0.3, -0.25) is 18.7 Å². The van der Waals surface area contributed by atoms with Crippen molar-refractivity contribution >= 4 is 30.5 Å². The van der Waals surface area contributed by atoms with Crippen molar-refractivity contribution in [2.45, 2.75) is 19.4 Å². The van der Waals surface area contributed by atoms with Crippen molar-refractivity contribution in [1.82, 2.24) is 0 Å². The van der Waals surface area contributed by atoms with Crippen LogP contribution in [0.3, 0.4) is 0 Å². The molecule has 3 N–H and O–H groups in total. The minimum absolute atomic E-state index is 1.32. The summed E-state index contributed by atoms with van der Waals surface area (Å²) < 4.78 is 56.7. The van der Waals surface area contributed by atoms with Crippen molar-refractivity contribution in [3.05, 3.63) is 35.9 Å². The lowest BCUT2D eigenvalue weighted by molar-refractivity contribution is -0.124. The van der Waals surface area contributed by atoms with Crippen LogP contribution in [0.4, 0.5) is 0 Å². The zero-order valence-electron chi connectivity index (χ0n) is 11.3. The minimum Gasteiger partial charge on any atom is -0.384 e. The van der Waals surface area contributed by atoms with E-state index in [0.29, 0.717) is 0 Å². The van der Waals surface area contributed by atoms with Gasteiger partial charge in [-0.25, -0.2) is 0 Å². The number of benzene rings is 1. The summed E-state index contributed by atoms with van der Waals surface area (Å²) in [5.41, 5.74) is 1.32. The van der Waals surface area contributed by atoms with Gasteiger partial charge < -0.3 is 5.11 Å². The molecule has 0 fully saturated rings. The van der Waals surface area contributed by atoms with E-state index in [4.69, 9.17) is 14.2 Å². The van der Waals surface area contributed by atoms with Gasteiger partial charge in [-0.05, 0) is 6.92 Å². The lowest BCUT2D eigenvalue weighted by Crippen LogP contribution is -2.32. The maximum absolute atomic E-state index is 10.5. The molecular weight excluding hydrogens is 340 g/mol. The summed E-state index contributed by atoms with van der Waals surface area (Å²) in [6.45, 7) is 2.08. The molecule has 9 nitrogen and oxygen atoms in total. The molecule has 0 amide bonds. The van der Waals surface area contributed by atoms with Gasteiger partial charge >= 0.3 is 25.4 Å². The Bertz CT molecular complexity index is 720. The Morgan fingerprint density at radius 2 is 1.45 bits per heavy atom. The van der Waals surface area contributed by atoms with E-state index < -0.39 is 43.0 Å². The third kappa shape index (κ3) is 7.95. The maximum atomic E-state index is 10.5. The first-order chi connectivity index (χ1) is 9.85. The largest absolute Gasteiger partial charge is 0.384 e. The summed E-state index contributed by atoms with van der Waals surface area (Å²) >= 11 is 0. The second-order valence-corrected chi connectivity index (χ2v) is 6.77. The highest BCUT2D eigenvalue weighted by Crippen LogP contribution is 2.03. The van der Waals surface area contributed by atoms with Crippen LogP contribution in [0.25, 0.3) is 0 Å². The molecule has 0 saturated carbocycles. The van der Waals surface area contributed by atoms with Gasteiger partial charge in [0, 0.05) is 0 Å². The van der Waals surface area contributed by atoms with Gasteiger partial charge in [0.1, 0.15) is 6.10 Å². The Labute approximate surface area is 127 Å². The van der Waals surface area contributed by atoms with Gasteiger partial charge in [0.2, 0.25) is 0 Å². The Kier molecular flexibility index (Phi) is 7.49. The molecule has 0 saturated heterocycles. The highest BCUT2D eigenvalue weighted by molar-refractivity contribution is 8.01. The molecule has 22 heavy (non-hydrogen) atoms. The van der Waals surface area contributed by atoms with E-state index in [-0.39, 0.29) is 0 Å². The Hall–Kier alpha value is -1.66. The van der Waals surface area contributed by atoms with Crippen LogP contribution >= 0.6 is 0 Å². The number of aliphatic hydroxyl groups excluding tert-OH is 1. The molecular formula is C11H14O9S2. The van der Waals surface area contributed by atoms with Crippen LogP contribution in [0.2, 0.25) is 0 Å². The lowest BCUT2D eigenvalue weighted by atomic mass is 10.2. The van der Waals surface area contributed by atoms with Gasteiger partial charge in [-0.2, -0.15) is 16.8 Å². The first-order valence-corrected chi connectivity index (χ1v) is 8.45. The van der Waals surface area contributed by atoms with Crippen molar-refractivity contribution < 1.29 is 40.6 Å². The number of aryl methyl sites for hydroxylation is 1. The van der Waals surface area contributed by atoms with E-state index >= 15 is 0 Å². The van der Waals surface area contributed by atoms with Crippen molar-refractivity contribution in [3.8, 4) is 0 Å². The highest BCUT2D eigenvalue weighted by Gasteiger charge is 2.32. The summed E-state index contributed by atoms with van der Waals surface area (Å²) in [7, 11) is -10.3. The highest BCUT2D eigenvalue weighted by atomic mass is 32.2. The Morgan fingerprint density at radius 1 is 1.00 bits per heavy atom. The summed E-state index contributed by atoms with van der Waals surface area (Å²) in [6.07, 6.45) is -4.01. The monoisotopic (exact) mass is 354 g/mol. The number of carbonyl (C=O) groups excluding carboxylic acids is 2. The molecule has 11 heteroatoms. The van der Waals surface area contributed by atoms with Crippen LogP contribution in [0, 0.1) is 6.92 Å². The summed E-state index contributed by atoms with van der Waals surface area (Å²) in [5, 5.41) is 4.64. The fourth-order valence-electron chi connectivity index (χ4n) is 1.05. The summed E-state index contributed by atoms with van der Waals surface area (Å²) in [6, 6.07) is 10.3. The Balaban J connectivity index is 0.000000518. The molecule has 0 aliphatic carbocycles. The Morgan fingerprint density at radius 3 is 1.73 bits per heavy atom. The third-order valence-electron chi connectivity index (χ3n) is 2.11. The van der Waals surface area contributed by atoms with Gasteiger partial charge in [0.15, 0.2) is 0 Å². The molecule has 124 valence electrons. The van der Waals surface area contributed by atoms with Crippen LogP contribution in [0.5, 0.6) is 0 Å². The van der Waals surface area contributed by atoms with Crippen LogP contribution in [0.15, 0.2) is 30.3 Å². The molecule has 0 spiro atoms. The first kappa shape index (κ1) is 20.3. The molecule has 0 aliphatic rings. The molecule has 0 bridgehead atoms. The van der Waals surface area contributed by atoms with E-state index in [1.807, 2.05) is 18.2 Å². The normalized spacial score (nSPS) is 12.7. The molecule has 0 aromatic heterocycles. The third-order valence-corrected chi connectivity index (χ3v) is 3.64.